The topological polar surface area (TPSA) is 49.4 Å². The number of hydrogen-bond acceptors (Lipinski definition) is 3. The monoisotopic (exact) mass is 296 g/mol. The van der Waals surface area contributed by atoms with Crippen molar-refractivity contribution >= 4 is 10.0 Å². The van der Waals surface area contributed by atoms with E-state index in [4.69, 9.17) is 0 Å². The summed E-state index contributed by atoms with van der Waals surface area (Å²) < 4.78 is 26.0. The Hall–Kier alpha value is -0.910. The first-order chi connectivity index (χ1) is 9.55. The molecule has 0 unspecified atom stereocenters. The molecule has 0 heterocycles. The van der Waals surface area contributed by atoms with Crippen LogP contribution in [0.3, 0.4) is 0 Å². The lowest BCUT2D eigenvalue weighted by molar-refractivity contribution is 0.444. The highest BCUT2D eigenvalue weighted by Crippen LogP contribution is 2.19. The van der Waals surface area contributed by atoms with Gasteiger partial charge in [0.2, 0.25) is 10.0 Å². The molecule has 0 spiro atoms. The van der Waals surface area contributed by atoms with Crippen LogP contribution in [0.25, 0.3) is 0 Å². The van der Waals surface area contributed by atoms with E-state index in [1.165, 1.54) is 17.1 Å². The highest BCUT2D eigenvalue weighted by Gasteiger charge is 2.21. The minimum atomic E-state index is -3.20. The Kier molecular flexibility index (Phi) is 5.18. The molecule has 1 aromatic carbocycles. The van der Waals surface area contributed by atoms with Crippen molar-refractivity contribution in [3.05, 3.63) is 35.4 Å². The average Bonchev–Trinajstić information content (AvgIpc) is 3.21. The molecule has 2 rings (SSSR count). The molecule has 0 radical (unpaired) electrons. The van der Waals surface area contributed by atoms with Crippen LogP contribution in [-0.4, -0.2) is 31.9 Å². The molecular weight excluding hydrogens is 272 g/mol. The van der Waals surface area contributed by atoms with Crippen LogP contribution >= 0.6 is 0 Å². The minimum absolute atomic E-state index is 0.0892. The summed E-state index contributed by atoms with van der Waals surface area (Å²) in [7, 11) is -3.20. The molecule has 1 fully saturated rings. The first-order valence-corrected chi connectivity index (χ1v) is 8.95. The summed E-state index contributed by atoms with van der Waals surface area (Å²) in [5, 5.41) is 3.45. The Morgan fingerprint density at radius 2 is 1.85 bits per heavy atom. The largest absolute Gasteiger partial charge is 0.310 e. The summed E-state index contributed by atoms with van der Waals surface area (Å²) in [4.78, 5) is 0. The molecule has 20 heavy (non-hydrogen) atoms. The normalized spacial score (nSPS) is 15.8. The smallest absolute Gasteiger partial charge is 0.218 e. The van der Waals surface area contributed by atoms with E-state index in [9.17, 15) is 8.42 Å². The van der Waals surface area contributed by atoms with Crippen LogP contribution in [0.2, 0.25) is 0 Å². The van der Waals surface area contributed by atoms with Crippen molar-refractivity contribution in [2.75, 3.05) is 13.1 Å². The van der Waals surface area contributed by atoms with Crippen LogP contribution in [-0.2, 0) is 22.3 Å². The molecule has 1 aliphatic carbocycles. The molecule has 1 saturated carbocycles. The third kappa shape index (κ3) is 4.30. The summed E-state index contributed by atoms with van der Waals surface area (Å²) >= 11 is 0. The fourth-order valence-electron chi connectivity index (χ4n) is 2.30. The predicted molar refractivity (Wildman–Crippen MR) is 81.8 cm³/mol. The maximum Gasteiger partial charge on any atom is 0.218 e. The van der Waals surface area contributed by atoms with Gasteiger partial charge in [-0.3, -0.25) is 0 Å². The van der Waals surface area contributed by atoms with Gasteiger partial charge in [-0.05, 0) is 24.0 Å². The van der Waals surface area contributed by atoms with E-state index in [-0.39, 0.29) is 5.75 Å². The molecule has 0 bridgehead atoms. The molecule has 0 aromatic heterocycles. The summed E-state index contributed by atoms with van der Waals surface area (Å²) in [6, 6.07) is 8.54. The van der Waals surface area contributed by atoms with Crippen LogP contribution in [0.15, 0.2) is 24.3 Å². The average molecular weight is 296 g/mol. The van der Waals surface area contributed by atoms with Gasteiger partial charge in [0.15, 0.2) is 0 Å². The molecule has 1 N–H and O–H groups in total. The first kappa shape index (κ1) is 15.5. The van der Waals surface area contributed by atoms with E-state index in [1.807, 2.05) is 38.1 Å². The van der Waals surface area contributed by atoms with E-state index in [2.05, 4.69) is 5.32 Å². The highest BCUT2D eigenvalue weighted by molar-refractivity contribution is 7.88. The van der Waals surface area contributed by atoms with Crippen molar-refractivity contribution in [1.82, 2.24) is 9.62 Å². The molecule has 0 atom stereocenters. The van der Waals surface area contributed by atoms with E-state index >= 15 is 0 Å². The molecular formula is C15H24N2O2S. The van der Waals surface area contributed by atoms with Crippen molar-refractivity contribution < 1.29 is 8.42 Å². The third-order valence-electron chi connectivity index (χ3n) is 3.61. The van der Waals surface area contributed by atoms with Crippen LogP contribution in [0, 0.1) is 0 Å². The summed E-state index contributed by atoms with van der Waals surface area (Å²) in [5.41, 5.74) is 2.02. The van der Waals surface area contributed by atoms with Gasteiger partial charge in [-0.25, -0.2) is 12.7 Å². The standard InChI is InChI=1S/C15H24N2O2S/c1-3-17(4-2)20(18,19)12-14-7-5-6-13(10-14)11-16-15-8-9-15/h5-7,10,15-16H,3-4,8-9,11-12H2,1-2H3. The van der Waals surface area contributed by atoms with Crippen LogP contribution in [0.1, 0.15) is 37.8 Å². The lowest BCUT2D eigenvalue weighted by Gasteiger charge is -2.18. The molecule has 0 saturated heterocycles. The molecule has 1 aromatic rings. The zero-order chi connectivity index (χ0) is 14.6. The highest BCUT2D eigenvalue weighted by atomic mass is 32.2. The predicted octanol–water partition coefficient (Wildman–Crippen LogP) is 2.11. The Morgan fingerprint density at radius 1 is 1.20 bits per heavy atom. The van der Waals surface area contributed by atoms with Crippen molar-refractivity contribution in [2.24, 2.45) is 0 Å². The van der Waals surface area contributed by atoms with Crippen molar-refractivity contribution in [2.45, 2.75) is 45.0 Å². The maximum atomic E-state index is 12.3. The van der Waals surface area contributed by atoms with Gasteiger partial charge < -0.3 is 5.32 Å². The minimum Gasteiger partial charge on any atom is -0.310 e. The van der Waals surface area contributed by atoms with Gasteiger partial charge in [-0.1, -0.05) is 38.1 Å². The Bertz CT molecular complexity index is 535. The zero-order valence-corrected chi connectivity index (χ0v) is 13.1. The van der Waals surface area contributed by atoms with Gasteiger partial charge in [0.25, 0.3) is 0 Å². The molecule has 0 amide bonds. The SMILES string of the molecule is CCN(CC)S(=O)(=O)Cc1cccc(CNC2CC2)c1. The summed E-state index contributed by atoms with van der Waals surface area (Å²) in [6.07, 6.45) is 2.52. The van der Waals surface area contributed by atoms with Crippen LogP contribution in [0.5, 0.6) is 0 Å². The van der Waals surface area contributed by atoms with Gasteiger partial charge in [0.1, 0.15) is 0 Å². The molecule has 0 aliphatic heterocycles. The summed E-state index contributed by atoms with van der Waals surface area (Å²) in [6.45, 7) is 5.63. The first-order valence-electron chi connectivity index (χ1n) is 7.34. The van der Waals surface area contributed by atoms with E-state index in [0.29, 0.717) is 19.1 Å². The van der Waals surface area contributed by atoms with E-state index in [0.717, 1.165) is 17.7 Å². The van der Waals surface area contributed by atoms with Crippen LogP contribution in [0.4, 0.5) is 0 Å². The second-order valence-corrected chi connectivity index (χ2v) is 7.28. The molecule has 5 heteroatoms. The Labute approximate surface area is 122 Å². The van der Waals surface area contributed by atoms with Gasteiger partial charge >= 0.3 is 0 Å². The maximum absolute atomic E-state index is 12.3. The molecule has 1 aliphatic rings. The lowest BCUT2D eigenvalue weighted by atomic mass is 10.1. The molecule has 4 nitrogen and oxygen atoms in total. The number of hydrogen-bond donors (Lipinski definition) is 1. The summed E-state index contributed by atoms with van der Waals surface area (Å²) in [5.74, 6) is 0.0892. The van der Waals surface area contributed by atoms with E-state index < -0.39 is 10.0 Å². The molecule has 112 valence electrons. The number of nitrogens with one attached hydrogen (secondary N) is 1. The number of sulfonamides is 1. The number of nitrogens with zero attached hydrogens (tertiary/aromatic N) is 1. The van der Waals surface area contributed by atoms with Crippen molar-refractivity contribution in [3.63, 3.8) is 0 Å². The van der Waals surface area contributed by atoms with Gasteiger partial charge in [0, 0.05) is 25.7 Å². The van der Waals surface area contributed by atoms with E-state index in [1.54, 1.807) is 0 Å². The fraction of sp³-hybridized carbons (Fsp3) is 0.600. The number of rotatable bonds is 8. The van der Waals surface area contributed by atoms with Gasteiger partial charge in [-0.15, -0.1) is 0 Å². The fourth-order valence-corrected chi connectivity index (χ4v) is 3.87. The van der Waals surface area contributed by atoms with Crippen molar-refractivity contribution in [1.29, 1.82) is 0 Å². The second-order valence-electron chi connectivity index (χ2n) is 5.32. The second kappa shape index (κ2) is 6.70. The van der Waals surface area contributed by atoms with Gasteiger partial charge in [-0.2, -0.15) is 0 Å². The zero-order valence-electron chi connectivity index (χ0n) is 12.3. The Morgan fingerprint density at radius 3 is 2.45 bits per heavy atom. The quantitative estimate of drug-likeness (QED) is 0.799. The van der Waals surface area contributed by atoms with Crippen LogP contribution < -0.4 is 5.32 Å². The van der Waals surface area contributed by atoms with Gasteiger partial charge in [0.05, 0.1) is 5.75 Å². The Balaban J connectivity index is 2.02. The number of benzene rings is 1. The van der Waals surface area contributed by atoms with Crippen molar-refractivity contribution in [3.8, 4) is 0 Å². The lowest BCUT2D eigenvalue weighted by Crippen LogP contribution is -2.31. The third-order valence-corrected chi connectivity index (χ3v) is 5.61.